The van der Waals surface area contributed by atoms with Crippen LogP contribution < -0.4 is 0 Å². The van der Waals surface area contributed by atoms with Crippen LogP contribution in [0.5, 0.6) is 0 Å². The van der Waals surface area contributed by atoms with Crippen molar-refractivity contribution in [1.82, 2.24) is 4.90 Å². The van der Waals surface area contributed by atoms with Crippen LogP contribution in [0, 0.1) is 6.92 Å². The average molecular weight is 203 g/mol. The number of carbonyl (C=O) groups is 1. The van der Waals surface area contributed by atoms with E-state index < -0.39 is 0 Å². The maximum absolute atomic E-state index is 12.2. The molecule has 0 saturated heterocycles. The van der Waals surface area contributed by atoms with Gasteiger partial charge in [0.15, 0.2) is 0 Å². The molecule has 1 aromatic carbocycles. The Balaban J connectivity index is 2.22. The summed E-state index contributed by atoms with van der Waals surface area (Å²) in [6, 6.07) is 8.32. The summed E-state index contributed by atoms with van der Waals surface area (Å²) in [6.45, 7) is 4.86. The SMILES string of the molecule is CCN(C(=O)c1ccccc1C)C1CC1. The monoisotopic (exact) mass is 203 g/mol. The van der Waals surface area contributed by atoms with Crippen molar-refractivity contribution in [3.05, 3.63) is 35.4 Å². The van der Waals surface area contributed by atoms with Crippen molar-refractivity contribution in [2.75, 3.05) is 6.54 Å². The summed E-state index contributed by atoms with van der Waals surface area (Å²) < 4.78 is 0. The summed E-state index contributed by atoms with van der Waals surface area (Å²) in [5.74, 6) is 0.193. The number of aryl methyl sites for hydroxylation is 1. The third-order valence-electron chi connectivity index (χ3n) is 2.96. The predicted octanol–water partition coefficient (Wildman–Crippen LogP) is 2.62. The Hall–Kier alpha value is -1.31. The van der Waals surface area contributed by atoms with Gasteiger partial charge in [-0.2, -0.15) is 0 Å². The van der Waals surface area contributed by atoms with Crippen molar-refractivity contribution in [1.29, 1.82) is 0 Å². The molecule has 2 rings (SSSR count). The summed E-state index contributed by atoms with van der Waals surface area (Å²) in [5, 5.41) is 0. The van der Waals surface area contributed by atoms with Crippen LogP contribution in [0.4, 0.5) is 0 Å². The Labute approximate surface area is 90.9 Å². The van der Waals surface area contributed by atoms with Gasteiger partial charge in [-0.25, -0.2) is 0 Å². The first-order chi connectivity index (χ1) is 7.24. The van der Waals surface area contributed by atoms with Gasteiger partial charge < -0.3 is 4.90 Å². The lowest BCUT2D eigenvalue weighted by Crippen LogP contribution is -2.33. The summed E-state index contributed by atoms with van der Waals surface area (Å²) >= 11 is 0. The van der Waals surface area contributed by atoms with Crippen LogP contribution in [0.2, 0.25) is 0 Å². The van der Waals surface area contributed by atoms with E-state index in [1.807, 2.05) is 36.1 Å². The van der Waals surface area contributed by atoms with Crippen molar-refractivity contribution in [3.63, 3.8) is 0 Å². The summed E-state index contributed by atoms with van der Waals surface area (Å²) in [4.78, 5) is 14.2. The fourth-order valence-electron chi connectivity index (χ4n) is 1.92. The first kappa shape index (κ1) is 10.2. The minimum atomic E-state index is 0.193. The number of hydrogen-bond acceptors (Lipinski definition) is 1. The van der Waals surface area contributed by atoms with E-state index in [2.05, 4.69) is 6.92 Å². The largest absolute Gasteiger partial charge is 0.336 e. The van der Waals surface area contributed by atoms with E-state index >= 15 is 0 Å². The molecule has 1 fully saturated rings. The molecule has 2 heteroatoms. The topological polar surface area (TPSA) is 20.3 Å². The number of hydrogen-bond donors (Lipinski definition) is 0. The van der Waals surface area contributed by atoms with Gasteiger partial charge >= 0.3 is 0 Å². The zero-order chi connectivity index (χ0) is 10.8. The molecule has 2 nitrogen and oxygen atoms in total. The Morgan fingerprint density at radius 1 is 1.40 bits per heavy atom. The van der Waals surface area contributed by atoms with Crippen LogP contribution in [0.3, 0.4) is 0 Å². The van der Waals surface area contributed by atoms with Gasteiger partial charge in [-0.1, -0.05) is 18.2 Å². The Kier molecular flexibility index (Phi) is 2.76. The third-order valence-corrected chi connectivity index (χ3v) is 2.96. The minimum absolute atomic E-state index is 0.193. The summed E-state index contributed by atoms with van der Waals surface area (Å²) in [6.07, 6.45) is 2.34. The van der Waals surface area contributed by atoms with Gasteiger partial charge in [0, 0.05) is 18.2 Å². The van der Waals surface area contributed by atoms with E-state index in [9.17, 15) is 4.79 Å². The second-order valence-electron chi connectivity index (χ2n) is 4.14. The summed E-state index contributed by atoms with van der Waals surface area (Å²) in [5.41, 5.74) is 1.92. The maximum atomic E-state index is 12.2. The van der Waals surface area contributed by atoms with Crippen molar-refractivity contribution < 1.29 is 4.79 Å². The van der Waals surface area contributed by atoms with E-state index in [1.54, 1.807) is 0 Å². The molecule has 1 aromatic rings. The van der Waals surface area contributed by atoms with Gasteiger partial charge in [0.1, 0.15) is 0 Å². The Bertz CT molecular complexity index is 369. The lowest BCUT2D eigenvalue weighted by Gasteiger charge is -2.21. The standard InChI is InChI=1S/C13H17NO/c1-3-14(11-8-9-11)13(15)12-7-5-4-6-10(12)2/h4-7,11H,3,8-9H2,1-2H3. The summed E-state index contributed by atoms with van der Waals surface area (Å²) in [7, 11) is 0. The van der Waals surface area contributed by atoms with Crippen LogP contribution in [-0.2, 0) is 0 Å². The van der Waals surface area contributed by atoms with Crippen molar-refractivity contribution in [2.24, 2.45) is 0 Å². The number of amides is 1. The van der Waals surface area contributed by atoms with Gasteiger partial charge in [-0.05, 0) is 38.3 Å². The fourth-order valence-corrected chi connectivity index (χ4v) is 1.92. The number of benzene rings is 1. The highest BCUT2D eigenvalue weighted by Gasteiger charge is 2.32. The first-order valence-electron chi connectivity index (χ1n) is 5.60. The Morgan fingerprint density at radius 2 is 2.07 bits per heavy atom. The molecular formula is C13H17NO. The highest BCUT2D eigenvalue weighted by molar-refractivity contribution is 5.96. The number of rotatable bonds is 3. The molecule has 0 heterocycles. The quantitative estimate of drug-likeness (QED) is 0.739. The van der Waals surface area contributed by atoms with Crippen LogP contribution in [0.25, 0.3) is 0 Å². The number of carbonyl (C=O) groups excluding carboxylic acids is 1. The molecule has 1 amide bonds. The van der Waals surface area contributed by atoms with Crippen molar-refractivity contribution >= 4 is 5.91 Å². The smallest absolute Gasteiger partial charge is 0.254 e. The molecule has 0 radical (unpaired) electrons. The second-order valence-corrected chi connectivity index (χ2v) is 4.14. The van der Waals surface area contributed by atoms with E-state index in [1.165, 1.54) is 12.8 Å². The molecule has 15 heavy (non-hydrogen) atoms. The third kappa shape index (κ3) is 2.04. The van der Waals surface area contributed by atoms with Crippen LogP contribution >= 0.6 is 0 Å². The van der Waals surface area contributed by atoms with Crippen molar-refractivity contribution in [3.8, 4) is 0 Å². The van der Waals surface area contributed by atoms with Gasteiger partial charge in [0.05, 0.1) is 0 Å². The zero-order valence-corrected chi connectivity index (χ0v) is 9.36. The van der Waals surface area contributed by atoms with Gasteiger partial charge in [0.25, 0.3) is 5.91 Å². The van der Waals surface area contributed by atoms with E-state index in [-0.39, 0.29) is 5.91 Å². The Morgan fingerprint density at radius 3 is 2.60 bits per heavy atom. The van der Waals surface area contributed by atoms with Crippen LogP contribution in [0.1, 0.15) is 35.7 Å². The zero-order valence-electron chi connectivity index (χ0n) is 9.36. The molecule has 0 spiro atoms. The van der Waals surface area contributed by atoms with Gasteiger partial charge in [0.2, 0.25) is 0 Å². The normalized spacial score (nSPS) is 15.1. The highest BCUT2D eigenvalue weighted by Crippen LogP contribution is 2.28. The predicted molar refractivity (Wildman–Crippen MR) is 60.9 cm³/mol. The van der Waals surface area contributed by atoms with Crippen LogP contribution in [-0.4, -0.2) is 23.4 Å². The molecule has 0 aromatic heterocycles. The van der Waals surface area contributed by atoms with E-state index in [0.29, 0.717) is 6.04 Å². The number of nitrogens with zero attached hydrogens (tertiary/aromatic N) is 1. The van der Waals surface area contributed by atoms with Gasteiger partial charge in [-0.3, -0.25) is 4.79 Å². The molecule has 0 atom stereocenters. The average Bonchev–Trinajstić information content (AvgIpc) is 3.03. The van der Waals surface area contributed by atoms with E-state index in [0.717, 1.165) is 17.7 Å². The van der Waals surface area contributed by atoms with Crippen LogP contribution in [0.15, 0.2) is 24.3 Å². The van der Waals surface area contributed by atoms with Crippen molar-refractivity contribution in [2.45, 2.75) is 32.7 Å². The first-order valence-corrected chi connectivity index (χ1v) is 5.60. The molecule has 0 aliphatic heterocycles. The molecule has 1 aliphatic carbocycles. The molecular weight excluding hydrogens is 186 g/mol. The lowest BCUT2D eigenvalue weighted by molar-refractivity contribution is 0.0752. The van der Waals surface area contributed by atoms with Gasteiger partial charge in [-0.15, -0.1) is 0 Å². The fraction of sp³-hybridized carbons (Fsp3) is 0.462. The molecule has 1 aliphatic rings. The molecule has 0 bridgehead atoms. The molecule has 0 unspecified atom stereocenters. The molecule has 0 N–H and O–H groups in total. The van der Waals surface area contributed by atoms with E-state index in [4.69, 9.17) is 0 Å². The second kappa shape index (κ2) is 4.05. The maximum Gasteiger partial charge on any atom is 0.254 e. The highest BCUT2D eigenvalue weighted by atomic mass is 16.2. The lowest BCUT2D eigenvalue weighted by atomic mass is 10.1. The molecule has 80 valence electrons. The minimum Gasteiger partial charge on any atom is -0.336 e. The molecule has 1 saturated carbocycles.